The maximum Gasteiger partial charge on any atom is 0.152 e. The first-order valence-corrected chi connectivity index (χ1v) is 10.4. The van der Waals surface area contributed by atoms with E-state index in [1.165, 1.54) is 0 Å². The zero-order valence-corrected chi connectivity index (χ0v) is 17.4. The van der Waals surface area contributed by atoms with Crippen LogP contribution in [0.5, 0.6) is 5.75 Å². The van der Waals surface area contributed by atoms with E-state index in [1.807, 2.05) is 78.9 Å². The van der Waals surface area contributed by atoms with Crippen molar-refractivity contribution in [2.24, 2.45) is 0 Å². The second kappa shape index (κ2) is 8.25. The van der Waals surface area contributed by atoms with Crippen LogP contribution in [0.1, 0.15) is 27.3 Å². The van der Waals surface area contributed by atoms with Crippen molar-refractivity contribution in [1.29, 1.82) is 0 Å². The molecule has 152 valence electrons. The Balaban J connectivity index is 1.39. The number of para-hydroxylation sites is 1. The second-order valence-electron chi connectivity index (χ2n) is 7.43. The summed E-state index contributed by atoms with van der Waals surface area (Å²) in [6.45, 7) is 0.356. The number of ether oxygens (including phenoxy) is 1. The third kappa shape index (κ3) is 4.03. The molecule has 0 amide bonds. The van der Waals surface area contributed by atoms with Crippen LogP contribution in [0.2, 0.25) is 5.02 Å². The van der Waals surface area contributed by atoms with Gasteiger partial charge in [-0.15, -0.1) is 0 Å². The first-order chi connectivity index (χ1) is 15.2. The van der Waals surface area contributed by atoms with Crippen LogP contribution in [-0.4, -0.2) is 16.3 Å². The van der Waals surface area contributed by atoms with E-state index in [0.29, 0.717) is 29.4 Å². The first kappa shape index (κ1) is 19.3. The molecule has 3 aromatic carbocycles. The van der Waals surface area contributed by atoms with E-state index in [4.69, 9.17) is 16.3 Å². The Kier molecular flexibility index (Phi) is 5.14. The average molecular weight is 427 g/mol. The van der Waals surface area contributed by atoms with E-state index in [-0.39, 0.29) is 0 Å². The van der Waals surface area contributed by atoms with E-state index < -0.39 is 0 Å². The fourth-order valence-corrected chi connectivity index (χ4v) is 3.89. The summed E-state index contributed by atoms with van der Waals surface area (Å²) in [5.74, 6) is 0.697. The van der Waals surface area contributed by atoms with Gasteiger partial charge in [-0.3, -0.25) is 4.79 Å². The molecule has 0 aliphatic heterocycles. The van der Waals surface area contributed by atoms with Crippen molar-refractivity contribution in [3.8, 4) is 5.75 Å². The highest BCUT2D eigenvalue weighted by Gasteiger charge is 2.13. The van der Waals surface area contributed by atoms with Crippen LogP contribution in [0.15, 0.2) is 78.9 Å². The van der Waals surface area contributed by atoms with E-state index in [2.05, 4.69) is 9.97 Å². The van der Waals surface area contributed by atoms with E-state index in [9.17, 15) is 4.79 Å². The molecule has 2 heterocycles. The number of benzene rings is 3. The van der Waals surface area contributed by atoms with Crippen molar-refractivity contribution >= 4 is 39.7 Å². The Morgan fingerprint density at radius 2 is 1.81 bits per heavy atom. The number of hydrogen-bond acceptors (Lipinski definition) is 3. The molecular formula is C26H19ClN2O2. The number of carbonyl (C=O) groups is 1. The number of pyridine rings is 1. The van der Waals surface area contributed by atoms with Gasteiger partial charge in [0.1, 0.15) is 12.4 Å². The highest BCUT2D eigenvalue weighted by Crippen LogP contribution is 2.28. The number of nitrogens with one attached hydrogen (secondary N) is 1. The summed E-state index contributed by atoms with van der Waals surface area (Å²) in [6, 6.07) is 25.4. The Morgan fingerprint density at radius 1 is 0.968 bits per heavy atom. The van der Waals surface area contributed by atoms with Crippen molar-refractivity contribution in [1.82, 2.24) is 9.97 Å². The number of hydrogen-bond donors (Lipinski definition) is 1. The van der Waals surface area contributed by atoms with Gasteiger partial charge in [-0.2, -0.15) is 0 Å². The molecule has 0 bridgehead atoms. The summed E-state index contributed by atoms with van der Waals surface area (Å²) in [5.41, 5.74) is 5.31. The molecule has 0 fully saturated rings. The molecule has 5 aromatic rings. The highest BCUT2D eigenvalue weighted by molar-refractivity contribution is 6.30. The van der Waals surface area contributed by atoms with Gasteiger partial charge in [0.2, 0.25) is 0 Å². The molecule has 0 aliphatic rings. The summed E-state index contributed by atoms with van der Waals surface area (Å²) in [7, 11) is 0. The van der Waals surface area contributed by atoms with E-state index in [0.717, 1.165) is 45.0 Å². The number of aldehydes is 1. The molecule has 0 radical (unpaired) electrons. The molecule has 4 nitrogen and oxygen atoms in total. The van der Waals surface area contributed by atoms with Crippen LogP contribution < -0.4 is 4.74 Å². The maximum absolute atomic E-state index is 11.9. The fourth-order valence-electron chi connectivity index (χ4n) is 3.76. The molecule has 0 unspecified atom stereocenters. The lowest BCUT2D eigenvalue weighted by Gasteiger charge is -2.07. The van der Waals surface area contributed by atoms with Gasteiger partial charge in [0, 0.05) is 39.0 Å². The van der Waals surface area contributed by atoms with Crippen molar-refractivity contribution in [2.75, 3.05) is 0 Å². The molecule has 5 heteroatoms. The monoisotopic (exact) mass is 426 g/mol. The number of H-pyrrole nitrogens is 1. The van der Waals surface area contributed by atoms with E-state index >= 15 is 0 Å². The predicted octanol–water partition coefficient (Wildman–Crippen LogP) is 6.35. The van der Waals surface area contributed by atoms with Crippen LogP contribution in [0, 0.1) is 0 Å². The number of aromatic nitrogens is 2. The van der Waals surface area contributed by atoms with Gasteiger partial charge < -0.3 is 9.72 Å². The van der Waals surface area contributed by atoms with E-state index in [1.54, 1.807) is 0 Å². The van der Waals surface area contributed by atoms with Gasteiger partial charge in [-0.1, -0.05) is 48.0 Å². The first-order valence-electron chi connectivity index (χ1n) is 10.0. The van der Waals surface area contributed by atoms with Crippen molar-refractivity contribution in [3.63, 3.8) is 0 Å². The normalized spacial score (nSPS) is 11.1. The number of carbonyl (C=O) groups excluding carboxylic acids is 1. The minimum absolute atomic E-state index is 0.356. The third-order valence-electron chi connectivity index (χ3n) is 5.35. The molecule has 31 heavy (non-hydrogen) atoms. The Hall–Kier alpha value is -3.63. The number of halogens is 1. The number of fused-ring (bicyclic) bond motifs is 2. The summed E-state index contributed by atoms with van der Waals surface area (Å²) < 4.78 is 5.98. The number of rotatable bonds is 6. The van der Waals surface area contributed by atoms with Crippen LogP contribution >= 0.6 is 11.6 Å². The molecule has 0 saturated carbocycles. The lowest BCUT2D eigenvalue weighted by Crippen LogP contribution is -1.98. The van der Waals surface area contributed by atoms with Crippen LogP contribution in [0.3, 0.4) is 0 Å². The Morgan fingerprint density at radius 3 is 2.65 bits per heavy atom. The van der Waals surface area contributed by atoms with Gasteiger partial charge in [-0.25, -0.2) is 4.98 Å². The zero-order chi connectivity index (χ0) is 21.2. The topological polar surface area (TPSA) is 55.0 Å². The second-order valence-corrected chi connectivity index (χ2v) is 7.87. The summed E-state index contributed by atoms with van der Waals surface area (Å²) in [5, 5.41) is 2.64. The quantitative estimate of drug-likeness (QED) is 0.322. The molecule has 0 spiro atoms. The lowest BCUT2D eigenvalue weighted by atomic mass is 10.1. The maximum atomic E-state index is 11.9. The Bertz CT molecular complexity index is 1390. The average Bonchev–Trinajstić information content (AvgIpc) is 3.15. The van der Waals surface area contributed by atoms with Crippen molar-refractivity contribution < 1.29 is 9.53 Å². The van der Waals surface area contributed by atoms with Crippen LogP contribution in [0.4, 0.5) is 0 Å². The Labute approximate surface area is 184 Å². The third-order valence-corrected chi connectivity index (χ3v) is 5.60. The van der Waals surface area contributed by atoms with Crippen molar-refractivity contribution in [3.05, 3.63) is 106 Å². The minimum Gasteiger partial charge on any atom is -0.487 e. The van der Waals surface area contributed by atoms with Crippen LogP contribution in [0.25, 0.3) is 21.8 Å². The van der Waals surface area contributed by atoms with Gasteiger partial charge in [0.15, 0.2) is 6.29 Å². The summed E-state index contributed by atoms with van der Waals surface area (Å²) >= 11 is 5.98. The molecule has 2 aromatic heterocycles. The van der Waals surface area contributed by atoms with Gasteiger partial charge in [0.25, 0.3) is 0 Å². The lowest BCUT2D eigenvalue weighted by molar-refractivity contribution is 0.112. The molecule has 5 rings (SSSR count). The molecular weight excluding hydrogens is 408 g/mol. The zero-order valence-electron chi connectivity index (χ0n) is 16.6. The molecule has 0 atom stereocenters. The fraction of sp³-hybridized carbons (Fsp3) is 0.0769. The molecule has 0 aliphatic carbocycles. The smallest absolute Gasteiger partial charge is 0.152 e. The SMILES string of the molecule is O=Cc1c(Cc2ccc(Cl)cc2)[nH]c2ccc(OCc3ccc4ccccc4n3)cc12. The number of aromatic amines is 1. The predicted molar refractivity (Wildman–Crippen MR) is 124 cm³/mol. The largest absolute Gasteiger partial charge is 0.487 e. The molecule has 1 N–H and O–H groups in total. The summed E-state index contributed by atoms with van der Waals surface area (Å²) in [4.78, 5) is 19.9. The highest BCUT2D eigenvalue weighted by atomic mass is 35.5. The number of nitrogens with zero attached hydrogens (tertiary/aromatic N) is 1. The van der Waals surface area contributed by atoms with Gasteiger partial charge in [0.05, 0.1) is 11.2 Å². The van der Waals surface area contributed by atoms with Crippen molar-refractivity contribution in [2.45, 2.75) is 13.0 Å². The summed E-state index contributed by atoms with van der Waals surface area (Å²) in [6.07, 6.45) is 1.52. The molecule has 0 saturated heterocycles. The standard InChI is InChI=1S/C26H19ClN2O2/c27-19-8-5-17(6-9-19)13-26-23(15-30)22-14-21(11-12-25(22)29-26)31-16-20-10-7-18-3-1-2-4-24(18)28-20/h1-12,14-15,29H,13,16H2. The van der Waals surface area contributed by atoms with Gasteiger partial charge in [-0.05, 0) is 48.0 Å². The minimum atomic E-state index is 0.356. The van der Waals surface area contributed by atoms with Crippen LogP contribution in [-0.2, 0) is 13.0 Å². The van der Waals surface area contributed by atoms with Gasteiger partial charge >= 0.3 is 0 Å².